The molecule has 1 aromatic heterocycles. The maximum Gasteiger partial charge on any atom is 0.218 e. The van der Waals surface area contributed by atoms with Crippen LogP contribution in [0.1, 0.15) is 6.92 Å². The average molecular weight is 246 g/mol. The molecule has 0 bridgehead atoms. The highest BCUT2D eigenvalue weighted by atomic mass is 35.5. The number of alkyl halides is 1. The van der Waals surface area contributed by atoms with Gasteiger partial charge < -0.3 is 14.8 Å². The quantitative estimate of drug-likeness (QED) is 0.739. The van der Waals surface area contributed by atoms with Gasteiger partial charge >= 0.3 is 0 Å². The van der Waals surface area contributed by atoms with E-state index in [0.29, 0.717) is 30.8 Å². The van der Waals surface area contributed by atoms with Crippen molar-refractivity contribution in [2.75, 3.05) is 31.5 Å². The van der Waals surface area contributed by atoms with Crippen molar-refractivity contribution in [3.8, 4) is 5.88 Å². The van der Waals surface area contributed by atoms with Gasteiger partial charge in [-0.15, -0.1) is 11.6 Å². The number of halogens is 1. The van der Waals surface area contributed by atoms with Gasteiger partial charge in [0.15, 0.2) is 0 Å². The molecule has 0 saturated carbocycles. The number of aromatic nitrogens is 2. The number of anilines is 1. The van der Waals surface area contributed by atoms with Gasteiger partial charge in [-0.05, 0) is 6.92 Å². The first-order valence-electron chi connectivity index (χ1n) is 5.06. The predicted molar refractivity (Wildman–Crippen MR) is 63.2 cm³/mol. The molecule has 16 heavy (non-hydrogen) atoms. The van der Waals surface area contributed by atoms with Gasteiger partial charge in [0.1, 0.15) is 12.1 Å². The summed E-state index contributed by atoms with van der Waals surface area (Å²) in [5, 5.41) is 3.14. The maximum absolute atomic E-state index is 5.78. The number of nitrogens with zero attached hydrogens (tertiary/aromatic N) is 2. The summed E-state index contributed by atoms with van der Waals surface area (Å²) < 4.78 is 10.3. The lowest BCUT2D eigenvalue weighted by atomic mass is 10.3. The lowest BCUT2D eigenvalue weighted by Gasteiger charge is -2.15. The van der Waals surface area contributed by atoms with Crippen LogP contribution in [-0.4, -0.2) is 42.2 Å². The van der Waals surface area contributed by atoms with E-state index in [4.69, 9.17) is 21.1 Å². The summed E-state index contributed by atoms with van der Waals surface area (Å²) in [6.45, 7) is 3.01. The summed E-state index contributed by atoms with van der Waals surface area (Å²) in [6, 6.07) is 1.76. The first-order chi connectivity index (χ1) is 7.80. The van der Waals surface area contributed by atoms with Crippen molar-refractivity contribution in [2.24, 2.45) is 0 Å². The molecule has 1 rings (SSSR count). The Morgan fingerprint density at radius 1 is 1.50 bits per heavy atom. The molecule has 0 spiro atoms. The third-order valence-corrected chi connectivity index (χ3v) is 2.21. The summed E-state index contributed by atoms with van der Waals surface area (Å²) in [7, 11) is 1.63. The number of ether oxygens (including phenoxy) is 2. The molecule has 0 aliphatic rings. The molecule has 6 heteroatoms. The maximum atomic E-state index is 5.78. The molecule has 1 N–H and O–H groups in total. The number of rotatable bonds is 7. The number of nitrogens with one attached hydrogen (secondary N) is 1. The average Bonchev–Trinajstić information content (AvgIpc) is 2.29. The molecule has 5 nitrogen and oxygen atoms in total. The van der Waals surface area contributed by atoms with E-state index < -0.39 is 0 Å². The van der Waals surface area contributed by atoms with Crippen molar-refractivity contribution in [3.63, 3.8) is 0 Å². The van der Waals surface area contributed by atoms with Gasteiger partial charge in [-0.3, -0.25) is 0 Å². The molecule has 0 radical (unpaired) electrons. The molecule has 0 saturated heterocycles. The van der Waals surface area contributed by atoms with E-state index in [1.807, 2.05) is 6.92 Å². The first-order valence-corrected chi connectivity index (χ1v) is 5.59. The van der Waals surface area contributed by atoms with Gasteiger partial charge in [0, 0.05) is 19.1 Å². The normalized spacial score (nSPS) is 12.2. The highest BCUT2D eigenvalue weighted by Crippen LogP contribution is 2.12. The third-order valence-electron chi connectivity index (χ3n) is 1.84. The molecular formula is C10H16ClN3O2. The van der Waals surface area contributed by atoms with Crippen molar-refractivity contribution in [2.45, 2.75) is 13.0 Å². The smallest absolute Gasteiger partial charge is 0.218 e. The van der Waals surface area contributed by atoms with Crippen LogP contribution in [0.15, 0.2) is 12.4 Å². The molecule has 90 valence electrons. The van der Waals surface area contributed by atoms with Gasteiger partial charge in [-0.25, -0.2) is 9.97 Å². The molecule has 0 aliphatic heterocycles. The van der Waals surface area contributed by atoms with Gasteiger partial charge in [-0.1, -0.05) is 0 Å². The molecule has 0 amide bonds. The van der Waals surface area contributed by atoms with Crippen LogP contribution in [0.5, 0.6) is 5.88 Å². The Morgan fingerprint density at radius 3 is 2.94 bits per heavy atom. The zero-order valence-electron chi connectivity index (χ0n) is 9.44. The largest absolute Gasteiger partial charge is 0.478 e. The Morgan fingerprint density at radius 2 is 2.31 bits per heavy atom. The van der Waals surface area contributed by atoms with Crippen molar-refractivity contribution in [3.05, 3.63) is 12.4 Å². The first kappa shape index (κ1) is 13.0. The standard InChI is InChI=1S/C10H16ClN3O2/c1-3-16-10-4-9(12-7-13-10)14-8(5-11)6-15-2/h4,7-8H,3,5-6H2,1-2H3,(H,12,13,14). The summed E-state index contributed by atoms with van der Waals surface area (Å²) in [5.41, 5.74) is 0. The topological polar surface area (TPSA) is 56.3 Å². The van der Waals surface area contributed by atoms with Crippen LogP contribution < -0.4 is 10.1 Å². The van der Waals surface area contributed by atoms with Crippen LogP contribution in [0.25, 0.3) is 0 Å². The van der Waals surface area contributed by atoms with E-state index in [1.165, 1.54) is 6.33 Å². The second-order valence-electron chi connectivity index (χ2n) is 3.13. The van der Waals surface area contributed by atoms with Crippen LogP contribution in [0.3, 0.4) is 0 Å². The van der Waals surface area contributed by atoms with E-state index in [-0.39, 0.29) is 6.04 Å². The Labute approximate surface area is 100 Å². The highest BCUT2D eigenvalue weighted by Gasteiger charge is 2.08. The van der Waals surface area contributed by atoms with Crippen LogP contribution >= 0.6 is 11.6 Å². The van der Waals surface area contributed by atoms with Gasteiger partial charge in [0.25, 0.3) is 0 Å². The molecule has 1 atom stereocenters. The van der Waals surface area contributed by atoms with Crippen LogP contribution in [-0.2, 0) is 4.74 Å². The summed E-state index contributed by atoms with van der Waals surface area (Å²) in [4.78, 5) is 8.05. The van der Waals surface area contributed by atoms with Gasteiger partial charge in [0.05, 0.1) is 19.3 Å². The molecule has 1 heterocycles. The zero-order valence-corrected chi connectivity index (χ0v) is 10.2. The lowest BCUT2D eigenvalue weighted by Crippen LogP contribution is -2.27. The van der Waals surface area contributed by atoms with Crippen molar-refractivity contribution >= 4 is 17.4 Å². The van der Waals surface area contributed by atoms with E-state index in [2.05, 4.69) is 15.3 Å². The fourth-order valence-electron chi connectivity index (χ4n) is 1.18. The highest BCUT2D eigenvalue weighted by molar-refractivity contribution is 6.18. The van der Waals surface area contributed by atoms with E-state index in [9.17, 15) is 0 Å². The SMILES string of the molecule is CCOc1cc(NC(CCl)COC)ncn1. The van der Waals surface area contributed by atoms with Gasteiger partial charge in [0.2, 0.25) is 5.88 Å². The molecule has 1 aromatic rings. The zero-order chi connectivity index (χ0) is 11.8. The summed E-state index contributed by atoms with van der Waals surface area (Å²) >= 11 is 5.78. The minimum atomic E-state index is 0.0241. The summed E-state index contributed by atoms with van der Waals surface area (Å²) in [5.74, 6) is 1.67. The van der Waals surface area contributed by atoms with Gasteiger partial charge in [-0.2, -0.15) is 0 Å². The monoisotopic (exact) mass is 245 g/mol. The fraction of sp³-hybridized carbons (Fsp3) is 0.600. The van der Waals surface area contributed by atoms with E-state index in [0.717, 1.165) is 0 Å². The van der Waals surface area contributed by atoms with Crippen LogP contribution in [0.4, 0.5) is 5.82 Å². The Balaban J connectivity index is 2.60. The minimum absolute atomic E-state index is 0.0241. The molecule has 0 aliphatic carbocycles. The van der Waals surface area contributed by atoms with Crippen molar-refractivity contribution < 1.29 is 9.47 Å². The number of hydrogen-bond donors (Lipinski definition) is 1. The number of hydrogen-bond acceptors (Lipinski definition) is 5. The van der Waals surface area contributed by atoms with E-state index >= 15 is 0 Å². The Bertz CT molecular complexity index is 312. The fourth-order valence-corrected chi connectivity index (χ4v) is 1.35. The molecule has 0 aromatic carbocycles. The minimum Gasteiger partial charge on any atom is -0.478 e. The van der Waals surface area contributed by atoms with Crippen LogP contribution in [0.2, 0.25) is 0 Å². The molecular weight excluding hydrogens is 230 g/mol. The third kappa shape index (κ3) is 4.20. The second-order valence-corrected chi connectivity index (χ2v) is 3.43. The van der Waals surface area contributed by atoms with Crippen molar-refractivity contribution in [1.82, 2.24) is 9.97 Å². The number of methoxy groups -OCH3 is 1. The Kier molecular flexibility index (Phi) is 5.88. The lowest BCUT2D eigenvalue weighted by molar-refractivity contribution is 0.191. The second kappa shape index (κ2) is 7.24. The van der Waals surface area contributed by atoms with Crippen LogP contribution in [0, 0.1) is 0 Å². The predicted octanol–water partition coefficient (Wildman–Crippen LogP) is 1.54. The van der Waals surface area contributed by atoms with Crippen molar-refractivity contribution in [1.29, 1.82) is 0 Å². The van der Waals surface area contributed by atoms with E-state index in [1.54, 1.807) is 13.2 Å². The Hall–Kier alpha value is -1.07. The summed E-state index contributed by atoms with van der Waals surface area (Å²) in [6.07, 6.45) is 1.45. The molecule has 1 unspecified atom stereocenters. The molecule has 0 fully saturated rings.